The van der Waals surface area contributed by atoms with E-state index in [0.29, 0.717) is 6.54 Å². The zero-order valence-electron chi connectivity index (χ0n) is 13.0. The molecule has 0 saturated heterocycles. The third kappa shape index (κ3) is 5.84. The van der Waals surface area contributed by atoms with Crippen molar-refractivity contribution in [2.75, 3.05) is 26.7 Å². The Balaban J connectivity index is 2.44. The van der Waals surface area contributed by atoms with Gasteiger partial charge in [0.2, 0.25) is 0 Å². The monoisotopic (exact) mass is 305 g/mol. The van der Waals surface area contributed by atoms with Crippen molar-refractivity contribution in [3.05, 3.63) is 0 Å². The third-order valence-electron chi connectivity index (χ3n) is 4.35. The van der Waals surface area contributed by atoms with Crippen molar-refractivity contribution >= 4 is 0 Å². The van der Waals surface area contributed by atoms with Crippen LogP contribution in [-0.4, -0.2) is 43.3 Å². The van der Waals surface area contributed by atoms with Gasteiger partial charge in [-0.1, -0.05) is 13.3 Å². The highest BCUT2D eigenvalue weighted by Gasteiger charge is 2.42. The van der Waals surface area contributed by atoms with Gasteiger partial charge in [0.05, 0.1) is 12.5 Å². The zero-order valence-corrected chi connectivity index (χ0v) is 13.0. The Morgan fingerprint density at radius 2 is 2.10 bits per heavy atom. The minimum Gasteiger partial charge on any atom is -0.306 e. The number of rotatable bonds is 8. The first-order chi connectivity index (χ1) is 9.83. The van der Waals surface area contributed by atoms with Crippen LogP contribution in [0.4, 0.5) is 13.2 Å². The summed E-state index contributed by atoms with van der Waals surface area (Å²) >= 11 is 0. The lowest BCUT2D eigenvalue weighted by Crippen LogP contribution is -2.48. The smallest absolute Gasteiger partial charge is 0.306 e. The topological polar surface area (TPSA) is 39.1 Å². The molecule has 21 heavy (non-hydrogen) atoms. The SMILES string of the molecule is CCCNC1(C#N)CCCC1CCN(C)CCC(F)(F)F. The second kappa shape index (κ2) is 8.00. The van der Waals surface area contributed by atoms with E-state index in [1.807, 2.05) is 0 Å². The average Bonchev–Trinajstić information content (AvgIpc) is 2.83. The molecule has 0 heterocycles. The van der Waals surface area contributed by atoms with E-state index in [9.17, 15) is 18.4 Å². The molecule has 1 aliphatic carbocycles. The van der Waals surface area contributed by atoms with Gasteiger partial charge in [0.1, 0.15) is 5.54 Å². The van der Waals surface area contributed by atoms with Gasteiger partial charge in [0, 0.05) is 6.54 Å². The van der Waals surface area contributed by atoms with Crippen molar-refractivity contribution in [2.45, 2.75) is 57.2 Å². The van der Waals surface area contributed by atoms with Gasteiger partial charge in [-0.05, 0) is 51.7 Å². The molecule has 2 atom stereocenters. The summed E-state index contributed by atoms with van der Waals surface area (Å²) in [5, 5.41) is 12.9. The van der Waals surface area contributed by atoms with Crippen LogP contribution >= 0.6 is 0 Å². The molecule has 0 aliphatic heterocycles. The number of hydrogen-bond donors (Lipinski definition) is 1. The molecule has 0 bridgehead atoms. The van der Waals surface area contributed by atoms with Gasteiger partial charge in [-0.15, -0.1) is 0 Å². The summed E-state index contributed by atoms with van der Waals surface area (Å²) in [6.07, 6.45) is -0.272. The van der Waals surface area contributed by atoms with Gasteiger partial charge >= 0.3 is 6.18 Å². The molecule has 1 fully saturated rings. The second-order valence-electron chi connectivity index (χ2n) is 6.06. The summed E-state index contributed by atoms with van der Waals surface area (Å²) in [4.78, 5) is 1.72. The minimum atomic E-state index is -4.10. The Morgan fingerprint density at radius 3 is 2.67 bits per heavy atom. The fraction of sp³-hybridized carbons (Fsp3) is 0.933. The van der Waals surface area contributed by atoms with Gasteiger partial charge in [-0.2, -0.15) is 18.4 Å². The molecule has 0 amide bonds. The number of nitrogens with one attached hydrogen (secondary N) is 1. The summed E-state index contributed by atoms with van der Waals surface area (Å²) in [7, 11) is 1.72. The summed E-state index contributed by atoms with van der Waals surface area (Å²) in [6, 6.07) is 2.43. The Bertz CT molecular complexity index is 351. The Labute approximate surface area is 125 Å². The summed E-state index contributed by atoms with van der Waals surface area (Å²) in [5.74, 6) is 0.238. The summed E-state index contributed by atoms with van der Waals surface area (Å²) < 4.78 is 36.6. The lowest BCUT2D eigenvalue weighted by atomic mass is 9.85. The predicted molar refractivity (Wildman–Crippen MR) is 76.8 cm³/mol. The largest absolute Gasteiger partial charge is 0.390 e. The second-order valence-corrected chi connectivity index (χ2v) is 6.06. The fourth-order valence-electron chi connectivity index (χ4n) is 3.04. The molecule has 1 N–H and O–H groups in total. The van der Waals surface area contributed by atoms with E-state index in [4.69, 9.17) is 0 Å². The van der Waals surface area contributed by atoms with Crippen molar-refractivity contribution in [1.29, 1.82) is 5.26 Å². The molecule has 6 heteroatoms. The normalized spacial score (nSPS) is 26.2. The summed E-state index contributed by atoms with van der Waals surface area (Å²) in [6.45, 7) is 3.51. The van der Waals surface area contributed by atoms with Gasteiger partial charge < -0.3 is 4.90 Å². The van der Waals surface area contributed by atoms with Crippen LogP contribution in [0.15, 0.2) is 0 Å². The number of hydrogen-bond acceptors (Lipinski definition) is 3. The molecular formula is C15H26F3N3. The van der Waals surface area contributed by atoms with Gasteiger partial charge in [-0.3, -0.25) is 5.32 Å². The van der Waals surface area contributed by atoms with E-state index in [-0.39, 0.29) is 12.5 Å². The predicted octanol–water partition coefficient (Wildman–Crippen LogP) is 3.32. The maximum Gasteiger partial charge on any atom is 0.390 e. The van der Waals surface area contributed by atoms with Crippen LogP contribution in [-0.2, 0) is 0 Å². The van der Waals surface area contributed by atoms with E-state index in [0.717, 1.165) is 38.6 Å². The van der Waals surface area contributed by atoms with E-state index >= 15 is 0 Å². The van der Waals surface area contributed by atoms with E-state index in [1.165, 1.54) is 0 Å². The zero-order chi connectivity index (χ0) is 15.9. The standard InChI is InChI=1S/C15H26F3N3/c1-3-9-20-14(12-19)7-4-5-13(14)6-10-21(2)11-8-15(16,17)18/h13,20H,3-11H2,1-2H3. The van der Waals surface area contributed by atoms with Crippen LogP contribution in [0.1, 0.15) is 45.4 Å². The Hall–Kier alpha value is -0.800. The lowest BCUT2D eigenvalue weighted by Gasteiger charge is -2.31. The summed E-state index contributed by atoms with van der Waals surface area (Å²) in [5.41, 5.74) is -0.471. The van der Waals surface area contributed by atoms with Crippen molar-refractivity contribution in [2.24, 2.45) is 5.92 Å². The van der Waals surface area contributed by atoms with Crippen LogP contribution in [0.25, 0.3) is 0 Å². The third-order valence-corrected chi connectivity index (χ3v) is 4.35. The Morgan fingerprint density at radius 1 is 1.38 bits per heavy atom. The maximum absolute atomic E-state index is 12.2. The maximum atomic E-state index is 12.2. The highest BCUT2D eigenvalue weighted by atomic mass is 19.4. The minimum absolute atomic E-state index is 0.0260. The van der Waals surface area contributed by atoms with Crippen LogP contribution in [0, 0.1) is 17.2 Å². The Kier molecular flexibility index (Phi) is 6.95. The molecule has 0 aromatic heterocycles. The number of nitriles is 1. The molecule has 1 saturated carbocycles. The average molecular weight is 305 g/mol. The highest BCUT2D eigenvalue weighted by Crippen LogP contribution is 2.37. The first kappa shape index (κ1) is 18.2. The van der Waals surface area contributed by atoms with Crippen molar-refractivity contribution in [3.8, 4) is 6.07 Å². The number of nitrogens with zero attached hydrogens (tertiary/aromatic N) is 2. The van der Waals surface area contributed by atoms with Crippen molar-refractivity contribution in [3.63, 3.8) is 0 Å². The lowest BCUT2D eigenvalue weighted by molar-refractivity contribution is -0.137. The first-order valence-electron chi connectivity index (χ1n) is 7.74. The molecule has 0 aromatic rings. The molecular weight excluding hydrogens is 279 g/mol. The molecule has 3 nitrogen and oxygen atoms in total. The molecule has 2 unspecified atom stereocenters. The van der Waals surface area contributed by atoms with E-state index < -0.39 is 18.1 Å². The highest BCUT2D eigenvalue weighted by molar-refractivity contribution is 5.14. The van der Waals surface area contributed by atoms with Gasteiger partial charge in [0.25, 0.3) is 0 Å². The molecule has 0 aromatic carbocycles. The molecule has 0 radical (unpaired) electrons. The molecule has 1 aliphatic rings. The first-order valence-corrected chi connectivity index (χ1v) is 7.74. The van der Waals surface area contributed by atoms with Gasteiger partial charge in [0.15, 0.2) is 0 Å². The quantitative estimate of drug-likeness (QED) is 0.747. The van der Waals surface area contributed by atoms with Crippen LogP contribution < -0.4 is 5.32 Å². The van der Waals surface area contributed by atoms with Crippen molar-refractivity contribution in [1.82, 2.24) is 10.2 Å². The van der Waals surface area contributed by atoms with Crippen LogP contribution in [0.3, 0.4) is 0 Å². The van der Waals surface area contributed by atoms with E-state index in [2.05, 4.69) is 18.3 Å². The number of halogens is 3. The molecule has 122 valence electrons. The van der Waals surface area contributed by atoms with Crippen LogP contribution in [0.2, 0.25) is 0 Å². The van der Waals surface area contributed by atoms with E-state index in [1.54, 1.807) is 11.9 Å². The van der Waals surface area contributed by atoms with Crippen LogP contribution in [0.5, 0.6) is 0 Å². The molecule has 1 rings (SSSR count). The fourth-order valence-corrected chi connectivity index (χ4v) is 3.04. The number of alkyl halides is 3. The van der Waals surface area contributed by atoms with Crippen molar-refractivity contribution < 1.29 is 13.2 Å². The molecule has 0 spiro atoms. The van der Waals surface area contributed by atoms with Gasteiger partial charge in [-0.25, -0.2) is 0 Å².